The number of aromatic nitrogens is 2. The Labute approximate surface area is 263 Å². The van der Waals surface area contributed by atoms with Crippen molar-refractivity contribution in [2.24, 2.45) is 0 Å². The number of hydrogen-bond donors (Lipinski definition) is 3. The van der Waals surface area contributed by atoms with Crippen LogP contribution in [0.3, 0.4) is 0 Å². The van der Waals surface area contributed by atoms with Gasteiger partial charge in [0.1, 0.15) is 17.2 Å². The summed E-state index contributed by atoms with van der Waals surface area (Å²) in [6, 6.07) is 30.0. The highest BCUT2D eigenvalue weighted by atomic mass is 35.5. The van der Waals surface area contributed by atoms with E-state index in [9.17, 15) is 19.2 Å². The first-order chi connectivity index (χ1) is 21.8. The Morgan fingerprint density at radius 2 is 1.44 bits per heavy atom. The van der Waals surface area contributed by atoms with Crippen LogP contribution in [0, 0.1) is 0 Å². The largest absolute Gasteiger partial charge is 0.497 e. The maximum Gasteiger partial charge on any atom is 0.287 e. The number of carbonyl (C=O) groups is 3. The average molecular weight is 629 g/mol. The van der Waals surface area contributed by atoms with E-state index in [0.29, 0.717) is 28.5 Å². The molecule has 5 aromatic rings. The molecule has 12 heteroatoms. The van der Waals surface area contributed by atoms with Gasteiger partial charge in [-0.2, -0.15) is 0 Å². The maximum atomic E-state index is 12.6. The Hall–Kier alpha value is -5.68. The summed E-state index contributed by atoms with van der Waals surface area (Å²) in [4.78, 5) is 54.3. The van der Waals surface area contributed by atoms with E-state index in [1.807, 2.05) is 48.5 Å². The van der Waals surface area contributed by atoms with Crippen LogP contribution < -0.4 is 30.4 Å². The number of rotatable bonds is 11. The van der Waals surface area contributed by atoms with E-state index in [0.717, 1.165) is 5.56 Å². The lowest BCUT2D eigenvalue weighted by atomic mass is 10.2. The first kappa shape index (κ1) is 32.2. The van der Waals surface area contributed by atoms with E-state index in [-0.39, 0.29) is 36.9 Å². The Balaban J connectivity index is 0.000000354. The van der Waals surface area contributed by atoms with Gasteiger partial charge in [-0.15, -0.1) is 0 Å². The number of amides is 2. The van der Waals surface area contributed by atoms with Gasteiger partial charge in [0.05, 0.1) is 18.0 Å². The topological polar surface area (TPSA) is 149 Å². The number of para-hydroxylation sites is 2. The first-order valence-electron chi connectivity index (χ1n) is 13.6. The van der Waals surface area contributed by atoms with Gasteiger partial charge in [-0.25, -0.2) is 4.98 Å². The van der Waals surface area contributed by atoms with Gasteiger partial charge in [0.15, 0.2) is 19.0 Å². The molecule has 230 valence electrons. The molecule has 0 aliphatic heterocycles. The van der Waals surface area contributed by atoms with E-state index in [2.05, 4.69) is 20.6 Å². The predicted octanol–water partition coefficient (Wildman–Crippen LogP) is 4.71. The minimum atomic E-state index is -0.516. The molecule has 0 radical (unpaired) electrons. The van der Waals surface area contributed by atoms with E-state index < -0.39 is 16.7 Å². The van der Waals surface area contributed by atoms with Gasteiger partial charge in [-0.1, -0.05) is 48.5 Å². The number of ether oxygens (including phenoxy) is 3. The molecule has 1 heterocycles. The van der Waals surface area contributed by atoms with Crippen LogP contribution in [-0.4, -0.2) is 47.3 Å². The number of hydrogen-bond acceptors (Lipinski definition) is 8. The summed E-state index contributed by atoms with van der Waals surface area (Å²) in [5, 5.41) is 5.16. The van der Waals surface area contributed by atoms with Gasteiger partial charge in [-0.3, -0.25) is 19.2 Å². The number of carbonyl (C=O) groups excluding carboxylic acids is 3. The van der Waals surface area contributed by atoms with Crippen molar-refractivity contribution in [3.63, 3.8) is 0 Å². The van der Waals surface area contributed by atoms with E-state index in [4.69, 9.17) is 25.8 Å². The van der Waals surface area contributed by atoms with Crippen LogP contribution in [0.4, 0.5) is 5.69 Å². The second kappa shape index (κ2) is 16.2. The fourth-order valence-electron chi connectivity index (χ4n) is 3.89. The molecule has 0 aliphatic rings. The molecule has 11 nitrogen and oxygen atoms in total. The number of nitrogens with zero attached hydrogens (tertiary/aromatic N) is 1. The lowest BCUT2D eigenvalue weighted by Crippen LogP contribution is -2.27. The highest BCUT2D eigenvalue weighted by Gasteiger charge is 2.13. The number of halogens is 1. The molecule has 4 aromatic carbocycles. The summed E-state index contributed by atoms with van der Waals surface area (Å²) < 4.78 is 15.6. The Morgan fingerprint density at radius 3 is 2.09 bits per heavy atom. The zero-order valence-electron chi connectivity index (χ0n) is 24.1. The van der Waals surface area contributed by atoms with Crippen molar-refractivity contribution in [2.75, 3.05) is 25.6 Å². The lowest BCUT2D eigenvalue weighted by molar-refractivity contribution is -0.118. The zero-order valence-corrected chi connectivity index (χ0v) is 24.9. The van der Waals surface area contributed by atoms with Gasteiger partial charge in [0.25, 0.3) is 22.6 Å². The SMILES string of the molecule is COc1cccc(CNC(=O)c2nc3ccc(NC(=O)COc4ccccc4)cc3c(=O)[nH]2)c1.O=C(Cl)COc1ccccc1. The van der Waals surface area contributed by atoms with Crippen molar-refractivity contribution in [1.29, 1.82) is 0 Å². The lowest BCUT2D eigenvalue weighted by Gasteiger charge is -2.09. The molecule has 0 spiro atoms. The van der Waals surface area contributed by atoms with E-state index >= 15 is 0 Å². The summed E-state index contributed by atoms with van der Waals surface area (Å²) in [7, 11) is 1.57. The number of fused-ring (bicyclic) bond motifs is 1. The van der Waals surface area contributed by atoms with E-state index in [1.54, 1.807) is 55.6 Å². The van der Waals surface area contributed by atoms with Crippen LogP contribution >= 0.6 is 11.6 Å². The normalized spacial score (nSPS) is 10.2. The van der Waals surface area contributed by atoms with Gasteiger partial charge < -0.3 is 29.8 Å². The van der Waals surface area contributed by atoms with Crippen LogP contribution in [0.15, 0.2) is 108 Å². The van der Waals surface area contributed by atoms with Gasteiger partial charge in [0, 0.05) is 12.2 Å². The first-order valence-corrected chi connectivity index (χ1v) is 14.0. The summed E-state index contributed by atoms with van der Waals surface area (Å²) in [6.07, 6.45) is 0. The molecule has 1 aromatic heterocycles. The molecule has 5 rings (SSSR count). The average Bonchev–Trinajstić information content (AvgIpc) is 3.07. The van der Waals surface area contributed by atoms with Crippen LogP contribution in [0.5, 0.6) is 17.2 Å². The van der Waals surface area contributed by atoms with Crippen molar-refractivity contribution in [3.8, 4) is 17.2 Å². The second-order valence-electron chi connectivity index (χ2n) is 9.29. The van der Waals surface area contributed by atoms with E-state index in [1.165, 1.54) is 6.07 Å². The second-order valence-corrected chi connectivity index (χ2v) is 9.71. The van der Waals surface area contributed by atoms with Crippen molar-refractivity contribution in [1.82, 2.24) is 15.3 Å². The van der Waals surface area contributed by atoms with Crippen molar-refractivity contribution in [3.05, 3.63) is 125 Å². The fourth-order valence-corrected chi connectivity index (χ4v) is 3.95. The molecule has 0 atom stereocenters. The monoisotopic (exact) mass is 628 g/mol. The molecule has 2 amide bonds. The standard InChI is InChI=1S/C25H22N4O5.C8H7ClO2/c1-33-19-9-5-6-16(12-19)14-26-25(32)23-28-21-11-10-17(13-20(21)24(31)29-23)27-22(30)15-34-18-7-3-2-4-8-18;9-8(10)6-11-7-4-2-1-3-5-7/h2-13H,14-15H2,1H3,(H,26,32)(H,27,30)(H,28,29,31);1-5H,6H2. The fraction of sp³-hybridized carbons (Fsp3) is 0.121. The summed E-state index contributed by atoms with van der Waals surface area (Å²) in [6.45, 7) is -0.0115. The van der Waals surface area contributed by atoms with Crippen molar-refractivity contribution in [2.45, 2.75) is 6.54 Å². The van der Waals surface area contributed by atoms with Crippen LogP contribution in [0.2, 0.25) is 0 Å². The molecule has 45 heavy (non-hydrogen) atoms. The molecule has 0 unspecified atom stereocenters. The highest BCUT2D eigenvalue weighted by Crippen LogP contribution is 2.16. The van der Waals surface area contributed by atoms with Gasteiger partial charge in [-0.05, 0) is 71.8 Å². The summed E-state index contributed by atoms with van der Waals surface area (Å²) in [5.74, 6) is 0.917. The number of H-pyrrole nitrogens is 1. The molecular weight excluding hydrogens is 600 g/mol. The van der Waals surface area contributed by atoms with Crippen LogP contribution in [0.25, 0.3) is 10.9 Å². The van der Waals surface area contributed by atoms with Gasteiger partial charge in [0.2, 0.25) is 0 Å². The predicted molar refractivity (Wildman–Crippen MR) is 170 cm³/mol. The number of anilines is 1. The number of benzene rings is 4. The minimum absolute atomic E-state index is 0.0778. The smallest absolute Gasteiger partial charge is 0.287 e. The molecule has 0 aliphatic carbocycles. The third-order valence-corrected chi connectivity index (χ3v) is 6.11. The number of nitrogens with one attached hydrogen (secondary N) is 3. The Kier molecular flexibility index (Phi) is 11.6. The molecule has 0 bridgehead atoms. The Morgan fingerprint density at radius 1 is 0.800 bits per heavy atom. The number of aromatic amines is 1. The van der Waals surface area contributed by atoms with Crippen molar-refractivity contribution < 1.29 is 28.6 Å². The maximum absolute atomic E-state index is 12.6. The zero-order chi connectivity index (χ0) is 32.0. The molecular formula is C33H29ClN4O7. The molecule has 0 fully saturated rings. The third-order valence-electron chi connectivity index (χ3n) is 6.00. The molecule has 0 saturated carbocycles. The van der Waals surface area contributed by atoms with Crippen LogP contribution in [-0.2, 0) is 16.1 Å². The third kappa shape index (κ3) is 10.2. The number of methoxy groups -OCH3 is 1. The quantitative estimate of drug-likeness (QED) is 0.178. The summed E-state index contributed by atoms with van der Waals surface area (Å²) in [5.41, 5.74) is 1.09. The highest BCUT2D eigenvalue weighted by molar-refractivity contribution is 6.63. The molecule has 3 N–H and O–H groups in total. The minimum Gasteiger partial charge on any atom is -0.497 e. The Bertz CT molecular complexity index is 1820. The van der Waals surface area contributed by atoms with Crippen molar-refractivity contribution >= 4 is 45.2 Å². The molecule has 0 saturated heterocycles. The van der Waals surface area contributed by atoms with Crippen LogP contribution in [0.1, 0.15) is 16.2 Å². The summed E-state index contributed by atoms with van der Waals surface area (Å²) >= 11 is 5.06. The van der Waals surface area contributed by atoms with Gasteiger partial charge >= 0.3 is 0 Å².